The van der Waals surface area contributed by atoms with Gasteiger partial charge in [0.25, 0.3) is 0 Å². The Balaban J connectivity index is 2.80. The van der Waals surface area contributed by atoms with Crippen LogP contribution in [0.15, 0.2) is 4.52 Å². The molecule has 3 atom stereocenters. The van der Waals surface area contributed by atoms with Crippen LogP contribution in [0.4, 0.5) is 0 Å². The van der Waals surface area contributed by atoms with Gasteiger partial charge in [0.15, 0.2) is 0 Å². The van der Waals surface area contributed by atoms with E-state index < -0.39 is 0 Å². The van der Waals surface area contributed by atoms with E-state index in [-0.39, 0.29) is 12.0 Å². The second-order valence-corrected chi connectivity index (χ2v) is 5.87. The van der Waals surface area contributed by atoms with Crippen molar-refractivity contribution in [2.24, 2.45) is 5.92 Å². The van der Waals surface area contributed by atoms with E-state index in [1.165, 1.54) is 0 Å². The first-order valence-electron chi connectivity index (χ1n) is 8.23. The number of nitrogens with one attached hydrogen (secondary N) is 1. The van der Waals surface area contributed by atoms with Gasteiger partial charge in [-0.2, -0.15) is 4.98 Å². The van der Waals surface area contributed by atoms with Crippen LogP contribution in [0.25, 0.3) is 0 Å². The lowest BCUT2D eigenvalue weighted by atomic mass is 9.99. The summed E-state index contributed by atoms with van der Waals surface area (Å²) in [6.07, 6.45) is 2.07. The van der Waals surface area contributed by atoms with Gasteiger partial charge in [0.2, 0.25) is 11.7 Å². The van der Waals surface area contributed by atoms with Crippen LogP contribution in [0.5, 0.6) is 0 Å². The molecule has 1 aromatic heterocycles. The summed E-state index contributed by atoms with van der Waals surface area (Å²) in [5.41, 5.74) is 0. The van der Waals surface area contributed by atoms with Gasteiger partial charge in [-0.05, 0) is 32.2 Å². The van der Waals surface area contributed by atoms with E-state index in [4.69, 9.17) is 9.26 Å². The van der Waals surface area contributed by atoms with Gasteiger partial charge < -0.3 is 14.6 Å². The standard InChI is InChI=1S/C16H31N3O2/c1-7-10-17-13(8-2)12(6)16-18-15(19-21-16)14(11(4)5)20-9-3/h11-14,17H,7-10H2,1-6H3. The molecule has 0 bridgehead atoms. The highest BCUT2D eigenvalue weighted by Crippen LogP contribution is 2.26. The average molecular weight is 297 g/mol. The minimum absolute atomic E-state index is 0.0941. The molecule has 0 aliphatic rings. The maximum absolute atomic E-state index is 5.73. The molecule has 5 heteroatoms. The van der Waals surface area contributed by atoms with Gasteiger partial charge in [0.1, 0.15) is 6.10 Å². The van der Waals surface area contributed by atoms with Crippen molar-refractivity contribution < 1.29 is 9.26 Å². The lowest BCUT2D eigenvalue weighted by Crippen LogP contribution is -2.34. The number of hydrogen-bond donors (Lipinski definition) is 1. The van der Waals surface area contributed by atoms with Gasteiger partial charge in [0.05, 0.1) is 5.92 Å². The largest absolute Gasteiger partial charge is 0.370 e. The fourth-order valence-corrected chi connectivity index (χ4v) is 2.47. The van der Waals surface area contributed by atoms with Gasteiger partial charge in [-0.25, -0.2) is 0 Å². The number of nitrogens with zero attached hydrogens (tertiary/aromatic N) is 2. The van der Waals surface area contributed by atoms with Gasteiger partial charge >= 0.3 is 0 Å². The van der Waals surface area contributed by atoms with Crippen LogP contribution in [-0.2, 0) is 4.74 Å². The third-order valence-corrected chi connectivity index (χ3v) is 3.75. The van der Waals surface area contributed by atoms with Crippen molar-refractivity contribution in [1.29, 1.82) is 0 Å². The molecule has 5 nitrogen and oxygen atoms in total. The second-order valence-electron chi connectivity index (χ2n) is 5.87. The summed E-state index contributed by atoms with van der Waals surface area (Å²) < 4.78 is 11.2. The minimum Gasteiger partial charge on any atom is -0.370 e. The summed E-state index contributed by atoms with van der Waals surface area (Å²) in [4.78, 5) is 4.58. The second kappa shape index (κ2) is 9.15. The van der Waals surface area contributed by atoms with Crippen molar-refractivity contribution in [3.8, 4) is 0 Å². The molecule has 0 spiro atoms. The molecule has 0 aliphatic carbocycles. The maximum Gasteiger partial charge on any atom is 0.231 e. The molecule has 1 heterocycles. The Bertz CT molecular complexity index is 393. The third kappa shape index (κ3) is 5.08. The van der Waals surface area contributed by atoms with Crippen molar-refractivity contribution in [3.63, 3.8) is 0 Å². The monoisotopic (exact) mass is 297 g/mol. The molecule has 0 aliphatic heterocycles. The smallest absolute Gasteiger partial charge is 0.231 e. The fraction of sp³-hybridized carbons (Fsp3) is 0.875. The van der Waals surface area contributed by atoms with E-state index in [1.54, 1.807) is 0 Å². The Morgan fingerprint density at radius 2 is 1.90 bits per heavy atom. The summed E-state index contributed by atoms with van der Waals surface area (Å²) in [6.45, 7) is 14.4. The van der Waals surface area contributed by atoms with Crippen LogP contribution in [0, 0.1) is 5.92 Å². The lowest BCUT2D eigenvalue weighted by molar-refractivity contribution is 0.0217. The van der Waals surface area contributed by atoms with Crippen molar-refractivity contribution >= 4 is 0 Å². The highest BCUT2D eigenvalue weighted by molar-refractivity contribution is 5.00. The molecule has 21 heavy (non-hydrogen) atoms. The summed E-state index contributed by atoms with van der Waals surface area (Å²) >= 11 is 0. The zero-order chi connectivity index (χ0) is 15.8. The first kappa shape index (κ1) is 18.1. The van der Waals surface area contributed by atoms with Crippen LogP contribution in [0.2, 0.25) is 0 Å². The number of hydrogen-bond acceptors (Lipinski definition) is 5. The topological polar surface area (TPSA) is 60.2 Å². The van der Waals surface area contributed by atoms with Crippen LogP contribution >= 0.6 is 0 Å². The Hall–Kier alpha value is -0.940. The molecule has 0 radical (unpaired) electrons. The van der Waals surface area contributed by atoms with Crippen LogP contribution < -0.4 is 5.32 Å². The van der Waals surface area contributed by atoms with Gasteiger partial charge in [-0.3, -0.25) is 0 Å². The Kier molecular flexibility index (Phi) is 7.89. The minimum atomic E-state index is -0.0941. The maximum atomic E-state index is 5.73. The van der Waals surface area contributed by atoms with E-state index in [0.717, 1.165) is 19.4 Å². The molecule has 3 unspecified atom stereocenters. The van der Waals surface area contributed by atoms with Crippen molar-refractivity contribution in [2.45, 2.75) is 72.4 Å². The highest BCUT2D eigenvalue weighted by Gasteiger charge is 2.26. The molecule has 0 saturated carbocycles. The lowest BCUT2D eigenvalue weighted by Gasteiger charge is -2.21. The van der Waals surface area contributed by atoms with E-state index >= 15 is 0 Å². The zero-order valence-electron chi connectivity index (χ0n) is 14.3. The average Bonchev–Trinajstić information content (AvgIpc) is 2.94. The molecular formula is C16H31N3O2. The summed E-state index contributed by atoms with van der Waals surface area (Å²) in [5, 5.41) is 7.68. The highest BCUT2D eigenvalue weighted by atomic mass is 16.5. The molecule has 0 aromatic carbocycles. The Morgan fingerprint density at radius 1 is 1.19 bits per heavy atom. The quantitative estimate of drug-likeness (QED) is 0.713. The normalized spacial score (nSPS) is 16.1. The number of ether oxygens (including phenoxy) is 1. The molecule has 0 fully saturated rings. The van der Waals surface area contributed by atoms with Gasteiger partial charge in [0, 0.05) is 12.6 Å². The molecular weight excluding hydrogens is 266 g/mol. The van der Waals surface area contributed by atoms with Gasteiger partial charge in [-0.1, -0.05) is 39.8 Å². The summed E-state index contributed by atoms with van der Waals surface area (Å²) in [5.74, 6) is 1.90. The van der Waals surface area contributed by atoms with E-state index in [0.29, 0.717) is 30.3 Å². The Labute approximate surface area is 128 Å². The summed E-state index contributed by atoms with van der Waals surface area (Å²) in [7, 11) is 0. The van der Waals surface area contributed by atoms with E-state index in [1.807, 2.05) is 6.92 Å². The fourth-order valence-electron chi connectivity index (χ4n) is 2.47. The van der Waals surface area contributed by atoms with Crippen molar-refractivity contribution in [3.05, 3.63) is 11.7 Å². The number of aromatic nitrogens is 2. The van der Waals surface area contributed by atoms with Crippen molar-refractivity contribution in [2.75, 3.05) is 13.2 Å². The molecule has 1 rings (SSSR count). The zero-order valence-corrected chi connectivity index (χ0v) is 14.3. The first-order valence-corrected chi connectivity index (χ1v) is 8.23. The molecule has 0 amide bonds. The molecule has 0 saturated heterocycles. The van der Waals surface area contributed by atoms with Crippen LogP contribution in [-0.4, -0.2) is 29.3 Å². The van der Waals surface area contributed by atoms with Crippen molar-refractivity contribution in [1.82, 2.24) is 15.5 Å². The molecule has 1 aromatic rings. The summed E-state index contributed by atoms with van der Waals surface area (Å²) in [6, 6.07) is 0.364. The molecule has 1 N–H and O–H groups in total. The van der Waals surface area contributed by atoms with Gasteiger partial charge in [-0.15, -0.1) is 0 Å². The van der Waals surface area contributed by atoms with Crippen LogP contribution in [0.1, 0.15) is 78.1 Å². The Morgan fingerprint density at radius 3 is 2.43 bits per heavy atom. The number of rotatable bonds is 10. The molecule has 122 valence electrons. The third-order valence-electron chi connectivity index (χ3n) is 3.75. The van der Waals surface area contributed by atoms with E-state index in [9.17, 15) is 0 Å². The van der Waals surface area contributed by atoms with Crippen LogP contribution in [0.3, 0.4) is 0 Å². The van der Waals surface area contributed by atoms with E-state index in [2.05, 4.69) is 50.1 Å². The predicted molar refractivity (Wildman–Crippen MR) is 84.3 cm³/mol. The predicted octanol–water partition coefficient (Wildman–Crippen LogP) is 3.68. The first-order chi connectivity index (χ1) is 10.0. The SMILES string of the molecule is CCCNC(CC)C(C)c1nc(C(OCC)C(C)C)no1.